The van der Waals surface area contributed by atoms with Gasteiger partial charge >= 0.3 is 0 Å². The van der Waals surface area contributed by atoms with Gasteiger partial charge in [-0.1, -0.05) is 12.1 Å². The molecule has 1 heterocycles. The fourth-order valence-corrected chi connectivity index (χ4v) is 2.97. The average molecular weight is 368 g/mol. The third-order valence-electron chi connectivity index (χ3n) is 4.24. The lowest BCUT2D eigenvalue weighted by atomic mass is 10.0. The van der Waals surface area contributed by atoms with Crippen molar-refractivity contribution in [3.63, 3.8) is 0 Å². The van der Waals surface area contributed by atoms with Crippen molar-refractivity contribution in [2.24, 2.45) is 5.73 Å². The number of hydrogen-bond acceptors (Lipinski definition) is 5. The highest BCUT2D eigenvalue weighted by Crippen LogP contribution is 2.31. The fourth-order valence-electron chi connectivity index (χ4n) is 2.97. The van der Waals surface area contributed by atoms with Crippen LogP contribution in [0, 0.1) is 10.1 Å². The Kier molecular flexibility index (Phi) is 4.84. The van der Waals surface area contributed by atoms with E-state index in [1.54, 1.807) is 12.1 Å². The van der Waals surface area contributed by atoms with Gasteiger partial charge in [0.05, 0.1) is 16.2 Å². The van der Waals surface area contributed by atoms with E-state index in [-0.39, 0.29) is 35.8 Å². The summed E-state index contributed by atoms with van der Waals surface area (Å²) in [5, 5.41) is 13.5. The highest BCUT2D eigenvalue weighted by molar-refractivity contribution is 6.07. The summed E-state index contributed by atoms with van der Waals surface area (Å²) in [6, 6.07) is 10.5. The molecule has 9 heteroatoms. The number of nitro benzene ring substituents is 1. The smallest absolute Gasteiger partial charge is 0.269 e. The SMILES string of the molecule is NC(=O)c1ccccc1NC(=O)CN1C(=O)CCc2cc([N+](=O)[O-])ccc21. The molecule has 0 unspecified atom stereocenters. The zero-order valence-electron chi connectivity index (χ0n) is 14.2. The number of aryl methyl sites for hydroxylation is 1. The monoisotopic (exact) mass is 368 g/mol. The Balaban J connectivity index is 1.82. The molecule has 2 aromatic carbocycles. The van der Waals surface area contributed by atoms with Gasteiger partial charge in [0.15, 0.2) is 0 Å². The van der Waals surface area contributed by atoms with Crippen molar-refractivity contribution in [1.82, 2.24) is 0 Å². The number of primary amides is 1. The number of para-hydroxylation sites is 1. The van der Waals surface area contributed by atoms with E-state index in [9.17, 15) is 24.5 Å². The number of carbonyl (C=O) groups excluding carboxylic acids is 3. The highest BCUT2D eigenvalue weighted by atomic mass is 16.6. The number of nitrogens with two attached hydrogens (primary N) is 1. The van der Waals surface area contributed by atoms with E-state index >= 15 is 0 Å². The quantitative estimate of drug-likeness (QED) is 0.610. The molecule has 0 bridgehead atoms. The Bertz CT molecular complexity index is 957. The maximum Gasteiger partial charge on any atom is 0.269 e. The van der Waals surface area contributed by atoms with Gasteiger partial charge in [-0.05, 0) is 30.2 Å². The summed E-state index contributed by atoms with van der Waals surface area (Å²) < 4.78 is 0. The van der Waals surface area contributed by atoms with Crippen LogP contribution >= 0.6 is 0 Å². The molecule has 0 saturated carbocycles. The molecule has 138 valence electrons. The molecular weight excluding hydrogens is 352 g/mol. The number of fused-ring (bicyclic) bond motifs is 1. The van der Waals surface area contributed by atoms with Crippen molar-refractivity contribution >= 4 is 34.8 Å². The molecule has 0 atom stereocenters. The first-order valence-electron chi connectivity index (χ1n) is 8.13. The van der Waals surface area contributed by atoms with Crippen LogP contribution in [0.1, 0.15) is 22.3 Å². The zero-order valence-corrected chi connectivity index (χ0v) is 14.2. The summed E-state index contributed by atoms with van der Waals surface area (Å²) >= 11 is 0. The first-order chi connectivity index (χ1) is 12.9. The van der Waals surface area contributed by atoms with E-state index in [0.29, 0.717) is 17.7 Å². The minimum Gasteiger partial charge on any atom is -0.366 e. The van der Waals surface area contributed by atoms with Crippen LogP contribution in [-0.2, 0) is 16.0 Å². The van der Waals surface area contributed by atoms with Gasteiger partial charge in [0.1, 0.15) is 6.54 Å². The Labute approximate surface area is 153 Å². The van der Waals surface area contributed by atoms with E-state index in [1.807, 2.05) is 0 Å². The molecule has 2 aromatic rings. The lowest BCUT2D eigenvalue weighted by molar-refractivity contribution is -0.384. The summed E-state index contributed by atoms with van der Waals surface area (Å²) in [4.78, 5) is 47.8. The molecule has 0 fully saturated rings. The van der Waals surface area contributed by atoms with Gasteiger partial charge in [-0.2, -0.15) is 0 Å². The standard InChI is InChI=1S/C18H16N4O5/c19-18(25)13-3-1-2-4-14(13)20-16(23)10-21-15-7-6-12(22(26)27)9-11(15)5-8-17(21)24/h1-4,6-7,9H,5,8,10H2,(H2,19,25)(H,20,23). The number of benzene rings is 2. The fraction of sp³-hybridized carbons (Fsp3) is 0.167. The van der Waals surface area contributed by atoms with E-state index < -0.39 is 16.7 Å². The predicted molar refractivity (Wildman–Crippen MR) is 97.4 cm³/mol. The number of amides is 3. The van der Waals surface area contributed by atoms with E-state index in [2.05, 4.69) is 5.32 Å². The minimum absolute atomic E-state index is 0.0668. The van der Waals surface area contributed by atoms with Crippen LogP contribution in [-0.4, -0.2) is 29.2 Å². The van der Waals surface area contributed by atoms with Crippen molar-refractivity contribution in [3.05, 3.63) is 63.7 Å². The molecular formula is C18H16N4O5. The van der Waals surface area contributed by atoms with Crippen LogP contribution in [0.15, 0.2) is 42.5 Å². The van der Waals surface area contributed by atoms with Crippen molar-refractivity contribution in [3.8, 4) is 0 Å². The Morgan fingerprint density at radius 1 is 1.19 bits per heavy atom. The third-order valence-corrected chi connectivity index (χ3v) is 4.24. The molecule has 27 heavy (non-hydrogen) atoms. The van der Waals surface area contributed by atoms with Crippen molar-refractivity contribution in [1.29, 1.82) is 0 Å². The van der Waals surface area contributed by atoms with Crippen LogP contribution in [0.4, 0.5) is 17.1 Å². The van der Waals surface area contributed by atoms with Gasteiger partial charge in [-0.25, -0.2) is 0 Å². The second-order valence-electron chi connectivity index (χ2n) is 6.01. The number of hydrogen-bond donors (Lipinski definition) is 2. The Hall–Kier alpha value is -3.75. The molecule has 1 aliphatic rings. The number of nitro groups is 1. The van der Waals surface area contributed by atoms with Gasteiger partial charge < -0.3 is 16.0 Å². The van der Waals surface area contributed by atoms with Gasteiger partial charge in [0.2, 0.25) is 11.8 Å². The molecule has 3 amide bonds. The summed E-state index contributed by atoms with van der Waals surface area (Å²) in [6.07, 6.45) is 0.526. The molecule has 3 rings (SSSR count). The van der Waals surface area contributed by atoms with Gasteiger partial charge in [-0.3, -0.25) is 24.5 Å². The maximum absolute atomic E-state index is 12.4. The van der Waals surface area contributed by atoms with Gasteiger partial charge in [0, 0.05) is 24.2 Å². The zero-order chi connectivity index (χ0) is 19.6. The topological polar surface area (TPSA) is 136 Å². The number of rotatable bonds is 5. The Morgan fingerprint density at radius 3 is 2.63 bits per heavy atom. The van der Waals surface area contributed by atoms with Crippen LogP contribution in [0.3, 0.4) is 0 Å². The molecule has 3 N–H and O–H groups in total. The van der Waals surface area contributed by atoms with Crippen molar-refractivity contribution in [2.45, 2.75) is 12.8 Å². The number of nitrogens with one attached hydrogen (secondary N) is 1. The summed E-state index contributed by atoms with van der Waals surface area (Å²) in [6.45, 7) is -0.281. The molecule has 0 saturated heterocycles. The van der Waals surface area contributed by atoms with Gasteiger partial charge in [0.25, 0.3) is 11.6 Å². The normalized spacial score (nSPS) is 13.0. The molecule has 0 radical (unpaired) electrons. The van der Waals surface area contributed by atoms with Crippen molar-refractivity contribution < 1.29 is 19.3 Å². The van der Waals surface area contributed by atoms with E-state index in [1.165, 1.54) is 35.2 Å². The second-order valence-corrected chi connectivity index (χ2v) is 6.01. The molecule has 0 aromatic heterocycles. The van der Waals surface area contributed by atoms with Crippen LogP contribution < -0.4 is 16.0 Å². The highest BCUT2D eigenvalue weighted by Gasteiger charge is 2.27. The summed E-state index contributed by atoms with van der Waals surface area (Å²) in [7, 11) is 0. The van der Waals surface area contributed by atoms with Crippen LogP contribution in [0.5, 0.6) is 0 Å². The molecule has 0 aliphatic carbocycles. The van der Waals surface area contributed by atoms with Crippen molar-refractivity contribution in [2.75, 3.05) is 16.8 Å². The van der Waals surface area contributed by atoms with E-state index in [4.69, 9.17) is 5.73 Å². The lowest BCUT2D eigenvalue weighted by Crippen LogP contribution is -2.41. The first-order valence-corrected chi connectivity index (χ1v) is 8.13. The molecule has 1 aliphatic heterocycles. The molecule has 0 spiro atoms. The largest absolute Gasteiger partial charge is 0.366 e. The number of anilines is 2. The predicted octanol–water partition coefficient (Wildman–Crippen LogP) is 1.61. The first kappa shape index (κ1) is 18.1. The van der Waals surface area contributed by atoms with E-state index in [0.717, 1.165) is 0 Å². The van der Waals surface area contributed by atoms with Gasteiger partial charge in [-0.15, -0.1) is 0 Å². The summed E-state index contributed by atoms with van der Waals surface area (Å²) in [5.74, 6) is -1.45. The average Bonchev–Trinajstić information content (AvgIpc) is 2.63. The summed E-state index contributed by atoms with van der Waals surface area (Å²) in [5.41, 5.74) is 6.74. The number of carbonyl (C=O) groups is 3. The number of nitrogens with zero attached hydrogens (tertiary/aromatic N) is 2. The lowest BCUT2D eigenvalue weighted by Gasteiger charge is -2.28. The number of non-ortho nitro benzene ring substituents is 1. The molecule has 9 nitrogen and oxygen atoms in total. The minimum atomic E-state index is -0.683. The third kappa shape index (κ3) is 3.76. The Morgan fingerprint density at radius 2 is 1.93 bits per heavy atom. The van der Waals surface area contributed by atoms with Crippen LogP contribution in [0.25, 0.3) is 0 Å². The maximum atomic E-state index is 12.4. The van der Waals surface area contributed by atoms with Crippen LogP contribution in [0.2, 0.25) is 0 Å². The second kappa shape index (κ2) is 7.24.